The lowest BCUT2D eigenvalue weighted by molar-refractivity contribution is 0.670. The van der Waals surface area contributed by atoms with E-state index in [9.17, 15) is 0 Å². The van der Waals surface area contributed by atoms with E-state index in [2.05, 4.69) is 145 Å². The number of para-hydroxylation sites is 1. The lowest BCUT2D eigenvalue weighted by atomic mass is 9.94. The summed E-state index contributed by atoms with van der Waals surface area (Å²) in [4.78, 5) is 14.3. The van der Waals surface area contributed by atoms with Crippen LogP contribution >= 0.6 is 11.3 Å². The fraction of sp³-hybridized carbons (Fsp3) is 0. The van der Waals surface area contributed by atoms with Crippen molar-refractivity contribution < 1.29 is 4.42 Å². The zero-order chi connectivity index (χ0) is 37.0. The van der Waals surface area contributed by atoms with Crippen LogP contribution in [-0.4, -0.2) is 15.0 Å². The van der Waals surface area contributed by atoms with Crippen LogP contribution in [0.2, 0.25) is 0 Å². The highest BCUT2D eigenvalue weighted by Crippen LogP contribution is 2.44. The standard InChI is InChI=1S/C51H31N3OS/c1-2-8-35(9-3-1)44-31-45(54-51(53-44)37-20-14-32(15-21-37)33-26-28-52-29-27-33)36-18-16-34(17-19-36)40-25-24-39(49-43-11-4-6-12-46(43)55-50(40)49)38-22-23-42-41-10-5-7-13-47(41)56-48(42)30-38/h1-31H. The van der Waals surface area contributed by atoms with Crippen molar-refractivity contribution in [3.8, 4) is 67.3 Å². The topological polar surface area (TPSA) is 51.8 Å². The van der Waals surface area contributed by atoms with Gasteiger partial charge in [-0.25, -0.2) is 9.97 Å². The van der Waals surface area contributed by atoms with Crippen LogP contribution in [-0.2, 0) is 0 Å². The number of hydrogen-bond donors (Lipinski definition) is 0. The Labute approximate surface area is 327 Å². The molecule has 4 heterocycles. The summed E-state index contributed by atoms with van der Waals surface area (Å²) in [5.74, 6) is 0.681. The van der Waals surface area contributed by atoms with Crippen molar-refractivity contribution in [2.45, 2.75) is 0 Å². The van der Waals surface area contributed by atoms with Gasteiger partial charge < -0.3 is 4.42 Å². The Kier molecular flexibility index (Phi) is 7.64. The Hall–Kier alpha value is -7.21. The van der Waals surface area contributed by atoms with Gasteiger partial charge >= 0.3 is 0 Å². The molecule has 56 heavy (non-hydrogen) atoms. The molecule has 0 unspecified atom stereocenters. The average molecular weight is 734 g/mol. The Morgan fingerprint density at radius 3 is 1.79 bits per heavy atom. The number of fused-ring (bicyclic) bond motifs is 6. The maximum absolute atomic E-state index is 6.70. The van der Waals surface area contributed by atoms with Crippen molar-refractivity contribution in [3.05, 3.63) is 188 Å². The molecule has 11 rings (SSSR count). The number of furan rings is 1. The maximum atomic E-state index is 6.70. The van der Waals surface area contributed by atoms with Crippen molar-refractivity contribution in [1.29, 1.82) is 0 Å². The van der Waals surface area contributed by atoms with E-state index in [1.807, 2.05) is 60.1 Å². The minimum Gasteiger partial charge on any atom is -0.455 e. The van der Waals surface area contributed by atoms with Gasteiger partial charge in [0, 0.05) is 65.6 Å². The molecule has 11 aromatic rings. The molecule has 0 spiro atoms. The number of nitrogens with zero attached hydrogens (tertiary/aromatic N) is 3. The molecule has 0 aliphatic rings. The van der Waals surface area contributed by atoms with Crippen LogP contribution < -0.4 is 0 Å². The Morgan fingerprint density at radius 1 is 0.393 bits per heavy atom. The first-order valence-electron chi connectivity index (χ1n) is 18.7. The van der Waals surface area contributed by atoms with Gasteiger partial charge in [-0.1, -0.05) is 133 Å². The summed E-state index contributed by atoms with van der Waals surface area (Å²) in [6.45, 7) is 0. The number of pyridine rings is 1. The van der Waals surface area contributed by atoms with Crippen LogP contribution in [0.3, 0.4) is 0 Å². The molecule has 0 aliphatic heterocycles. The van der Waals surface area contributed by atoms with Gasteiger partial charge in [-0.2, -0.15) is 0 Å². The highest BCUT2D eigenvalue weighted by Gasteiger charge is 2.19. The second-order valence-electron chi connectivity index (χ2n) is 14.0. The molecule has 262 valence electrons. The summed E-state index contributed by atoms with van der Waals surface area (Å²) in [6.07, 6.45) is 3.63. The fourth-order valence-electron chi connectivity index (χ4n) is 7.85. The lowest BCUT2D eigenvalue weighted by Gasteiger charge is -2.11. The number of hydrogen-bond acceptors (Lipinski definition) is 5. The van der Waals surface area contributed by atoms with Crippen LogP contribution in [0.5, 0.6) is 0 Å². The monoisotopic (exact) mass is 733 g/mol. The molecule has 0 aliphatic carbocycles. The minimum absolute atomic E-state index is 0.681. The number of rotatable bonds is 6. The van der Waals surface area contributed by atoms with E-state index in [1.165, 1.54) is 31.3 Å². The van der Waals surface area contributed by atoms with Gasteiger partial charge in [-0.3, -0.25) is 4.98 Å². The fourth-order valence-corrected chi connectivity index (χ4v) is 8.99. The molecule has 0 bridgehead atoms. The molecule has 7 aromatic carbocycles. The first-order valence-corrected chi connectivity index (χ1v) is 19.5. The van der Waals surface area contributed by atoms with E-state index in [1.54, 1.807) is 0 Å². The van der Waals surface area contributed by atoms with Crippen molar-refractivity contribution in [2.75, 3.05) is 0 Å². The highest BCUT2D eigenvalue weighted by molar-refractivity contribution is 7.25. The summed E-state index contributed by atoms with van der Waals surface area (Å²) in [6, 6.07) is 61.8. The smallest absolute Gasteiger partial charge is 0.160 e. The van der Waals surface area contributed by atoms with Crippen molar-refractivity contribution in [3.63, 3.8) is 0 Å². The molecule has 5 heteroatoms. The van der Waals surface area contributed by atoms with Crippen LogP contribution in [0.1, 0.15) is 0 Å². The van der Waals surface area contributed by atoms with Gasteiger partial charge in [0.05, 0.1) is 11.4 Å². The second kappa shape index (κ2) is 13.3. The number of thiophene rings is 1. The highest BCUT2D eigenvalue weighted by atomic mass is 32.1. The molecular weight excluding hydrogens is 703 g/mol. The summed E-state index contributed by atoms with van der Waals surface area (Å²) in [7, 11) is 0. The summed E-state index contributed by atoms with van der Waals surface area (Å²) in [5, 5.41) is 4.85. The third-order valence-corrected chi connectivity index (χ3v) is 11.8. The molecule has 0 saturated carbocycles. The zero-order valence-corrected chi connectivity index (χ0v) is 30.9. The van der Waals surface area contributed by atoms with Crippen molar-refractivity contribution >= 4 is 53.4 Å². The zero-order valence-electron chi connectivity index (χ0n) is 30.1. The lowest BCUT2D eigenvalue weighted by Crippen LogP contribution is -1.96. The van der Waals surface area contributed by atoms with Gasteiger partial charge in [0.1, 0.15) is 11.2 Å². The van der Waals surface area contributed by atoms with Gasteiger partial charge in [0.25, 0.3) is 0 Å². The normalized spacial score (nSPS) is 11.6. The largest absolute Gasteiger partial charge is 0.455 e. The molecule has 0 fully saturated rings. The Balaban J connectivity index is 0.998. The maximum Gasteiger partial charge on any atom is 0.160 e. The molecule has 4 aromatic heterocycles. The SMILES string of the molecule is c1ccc(-c2cc(-c3ccc(-c4ccc(-c5ccc6c(c5)sc5ccccc56)c5c4oc4ccccc45)cc3)nc(-c3ccc(-c4ccncc4)cc3)n2)cc1. The molecule has 4 nitrogen and oxygen atoms in total. The van der Waals surface area contributed by atoms with Crippen LogP contribution in [0.15, 0.2) is 193 Å². The van der Waals surface area contributed by atoms with Gasteiger partial charge in [-0.05, 0) is 70.3 Å². The Morgan fingerprint density at radius 2 is 0.982 bits per heavy atom. The van der Waals surface area contributed by atoms with Gasteiger partial charge in [0.15, 0.2) is 5.82 Å². The molecule has 0 radical (unpaired) electrons. The van der Waals surface area contributed by atoms with Crippen molar-refractivity contribution in [2.24, 2.45) is 0 Å². The summed E-state index contributed by atoms with van der Waals surface area (Å²) in [5.41, 5.74) is 13.2. The van der Waals surface area contributed by atoms with E-state index in [4.69, 9.17) is 14.4 Å². The first kappa shape index (κ1) is 32.2. The second-order valence-corrected chi connectivity index (χ2v) is 15.1. The first-order chi connectivity index (χ1) is 27.7. The van der Waals surface area contributed by atoms with Crippen molar-refractivity contribution in [1.82, 2.24) is 15.0 Å². The summed E-state index contributed by atoms with van der Waals surface area (Å²) < 4.78 is 9.29. The number of aromatic nitrogens is 3. The van der Waals surface area contributed by atoms with E-state index in [-0.39, 0.29) is 0 Å². The Bertz CT molecular complexity index is 3220. The van der Waals surface area contributed by atoms with Gasteiger partial charge in [-0.15, -0.1) is 11.3 Å². The molecule has 0 atom stereocenters. The van der Waals surface area contributed by atoms with E-state index < -0.39 is 0 Å². The number of benzene rings is 7. The van der Waals surface area contributed by atoms with Gasteiger partial charge in [0.2, 0.25) is 0 Å². The predicted molar refractivity (Wildman–Crippen MR) is 233 cm³/mol. The third kappa shape index (κ3) is 5.56. The molecule has 0 saturated heterocycles. The van der Waals surface area contributed by atoms with Crippen LogP contribution in [0, 0.1) is 0 Å². The predicted octanol–water partition coefficient (Wildman–Crippen LogP) is 14.1. The quantitative estimate of drug-likeness (QED) is 0.171. The average Bonchev–Trinajstić information content (AvgIpc) is 3.85. The molecule has 0 amide bonds. The summed E-state index contributed by atoms with van der Waals surface area (Å²) >= 11 is 1.85. The third-order valence-electron chi connectivity index (χ3n) is 10.7. The van der Waals surface area contributed by atoms with E-state index >= 15 is 0 Å². The van der Waals surface area contributed by atoms with E-state index in [0.29, 0.717) is 5.82 Å². The molecule has 0 N–H and O–H groups in total. The van der Waals surface area contributed by atoms with Crippen LogP contribution in [0.4, 0.5) is 0 Å². The minimum atomic E-state index is 0.681. The van der Waals surface area contributed by atoms with Crippen LogP contribution in [0.25, 0.3) is 109 Å². The molecular formula is C51H31N3OS. The van der Waals surface area contributed by atoms with E-state index in [0.717, 1.165) is 72.3 Å².